The molecule has 0 aromatic carbocycles. The lowest BCUT2D eigenvalue weighted by molar-refractivity contribution is 0.218. The third-order valence-electron chi connectivity index (χ3n) is 4.13. The van der Waals surface area contributed by atoms with E-state index in [4.69, 9.17) is 0 Å². The molecule has 2 N–H and O–H groups in total. The van der Waals surface area contributed by atoms with Gasteiger partial charge in [0, 0.05) is 6.04 Å². The van der Waals surface area contributed by atoms with Gasteiger partial charge in [-0.2, -0.15) is 0 Å². The normalized spacial score (nSPS) is 20.1. The highest BCUT2D eigenvalue weighted by atomic mass is 32.2. The number of hydrogen-bond donors (Lipinski definition) is 2. The molecule has 0 amide bonds. The van der Waals surface area contributed by atoms with Crippen LogP contribution in [0.25, 0.3) is 0 Å². The molecule has 4 nitrogen and oxygen atoms in total. The highest BCUT2D eigenvalue weighted by Crippen LogP contribution is 2.35. The zero-order valence-electron chi connectivity index (χ0n) is 13.4. The number of nitrogens with one attached hydrogen (secondary N) is 2. The van der Waals surface area contributed by atoms with E-state index in [1.165, 1.54) is 0 Å². The van der Waals surface area contributed by atoms with E-state index >= 15 is 0 Å². The molecule has 120 valence electrons. The van der Waals surface area contributed by atoms with E-state index in [0.717, 1.165) is 58.0 Å². The Kier molecular flexibility index (Phi) is 7.48. The predicted octanol–water partition coefficient (Wildman–Crippen LogP) is 2.65. The number of sulfonamides is 1. The van der Waals surface area contributed by atoms with Gasteiger partial charge in [0.05, 0.1) is 5.75 Å². The molecule has 5 heteroatoms. The van der Waals surface area contributed by atoms with E-state index in [9.17, 15) is 8.42 Å². The van der Waals surface area contributed by atoms with Crippen LogP contribution in [0.15, 0.2) is 0 Å². The summed E-state index contributed by atoms with van der Waals surface area (Å²) in [5.41, 5.74) is 0.382. The molecule has 20 heavy (non-hydrogen) atoms. The Balaban J connectivity index is 2.18. The molecule has 1 rings (SSSR count). The maximum Gasteiger partial charge on any atom is 0.211 e. The van der Waals surface area contributed by atoms with Gasteiger partial charge < -0.3 is 5.32 Å². The number of unbranched alkanes of at least 4 members (excludes halogenated alkanes) is 1. The van der Waals surface area contributed by atoms with E-state index in [-0.39, 0.29) is 11.8 Å². The van der Waals surface area contributed by atoms with Gasteiger partial charge in [0.2, 0.25) is 10.0 Å². The molecule has 1 saturated carbocycles. The Bertz CT molecular complexity index is 356. The van der Waals surface area contributed by atoms with E-state index < -0.39 is 10.0 Å². The Hall–Kier alpha value is -0.130. The van der Waals surface area contributed by atoms with Crippen molar-refractivity contribution in [3.05, 3.63) is 0 Å². The zero-order valence-corrected chi connectivity index (χ0v) is 14.2. The Morgan fingerprint density at radius 1 is 1.10 bits per heavy atom. The van der Waals surface area contributed by atoms with Crippen LogP contribution in [0.1, 0.15) is 65.7 Å². The first kappa shape index (κ1) is 17.9. The highest BCUT2D eigenvalue weighted by Gasteiger charge is 2.28. The molecular formula is C15H32N2O2S. The summed E-state index contributed by atoms with van der Waals surface area (Å²) in [5.74, 6) is 0.265. The maximum absolute atomic E-state index is 12.0. The van der Waals surface area contributed by atoms with Crippen molar-refractivity contribution < 1.29 is 8.42 Å². The monoisotopic (exact) mass is 304 g/mol. The second-order valence-electron chi connectivity index (χ2n) is 6.83. The molecule has 0 heterocycles. The molecule has 0 spiro atoms. The van der Waals surface area contributed by atoms with Crippen LogP contribution in [0, 0.1) is 5.41 Å². The third-order valence-corrected chi connectivity index (χ3v) is 5.65. The average Bonchev–Trinajstić information content (AvgIpc) is 2.36. The molecule has 1 fully saturated rings. The van der Waals surface area contributed by atoms with Crippen molar-refractivity contribution in [1.82, 2.24) is 10.0 Å². The van der Waals surface area contributed by atoms with Crippen molar-refractivity contribution in [3.8, 4) is 0 Å². The number of rotatable bonds is 9. The van der Waals surface area contributed by atoms with E-state index in [1.54, 1.807) is 0 Å². The molecule has 0 aromatic rings. The van der Waals surface area contributed by atoms with Crippen LogP contribution in [0.4, 0.5) is 0 Å². The fourth-order valence-corrected chi connectivity index (χ4v) is 4.12. The highest BCUT2D eigenvalue weighted by molar-refractivity contribution is 7.89. The van der Waals surface area contributed by atoms with Crippen LogP contribution in [0.5, 0.6) is 0 Å². The zero-order chi connectivity index (χ0) is 15.1. The molecular weight excluding hydrogens is 272 g/mol. The van der Waals surface area contributed by atoms with Gasteiger partial charge in [-0.25, -0.2) is 13.1 Å². The van der Waals surface area contributed by atoms with Crippen molar-refractivity contribution in [3.63, 3.8) is 0 Å². The minimum absolute atomic E-state index is 0.159. The van der Waals surface area contributed by atoms with Crippen molar-refractivity contribution in [1.29, 1.82) is 0 Å². The van der Waals surface area contributed by atoms with Gasteiger partial charge >= 0.3 is 0 Å². The quantitative estimate of drug-likeness (QED) is 0.644. The van der Waals surface area contributed by atoms with Crippen LogP contribution in [-0.2, 0) is 10.0 Å². The van der Waals surface area contributed by atoms with Gasteiger partial charge in [-0.05, 0) is 63.5 Å². The molecule has 1 aliphatic rings. The summed E-state index contributed by atoms with van der Waals surface area (Å²) in [5, 5.41) is 3.30. The lowest BCUT2D eigenvalue weighted by Gasteiger charge is -2.34. The summed E-state index contributed by atoms with van der Waals surface area (Å²) in [6, 6.07) is 0.159. The molecule has 0 aliphatic heterocycles. The molecule has 0 radical (unpaired) electrons. The Morgan fingerprint density at radius 3 is 2.35 bits per heavy atom. The topological polar surface area (TPSA) is 58.2 Å². The minimum Gasteiger partial charge on any atom is -0.317 e. The summed E-state index contributed by atoms with van der Waals surface area (Å²) in [6.07, 6.45) is 6.97. The van der Waals surface area contributed by atoms with E-state index in [2.05, 4.69) is 30.8 Å². The molecule has 1 aliphatic carbocycles. The molecule has 0 bridgehead atoms. The summed E-state index contributed by atoms with van der Waals surface area (Å²) >= 11 is 0. The largest absolute Gasteiger partial charge is 0.317 e. The van der Waals surface area contributed by atoms with Crippen molar-refractivity contribution in [2.24, 2.45) is 5.41 Å². The minimum atomic E-state index is -3.09. The first-order valence-corrected chi connectivity index (χ1v) is 9.70. The fourth-order valence-electron chi connectivity index (χ4n) is 2.67. The number of hydrogen-bond acceptors (Lipinski definition) is 3. The van der Waals surface area contributed by atoms with Crippen molar-refractivity contribution in [2.75, 3.05) is 18.8 Å². The smallest absolute Gasteiger partial charge is 0.211 e. The Labute approximate surface area is 125 Å². The van der Waals surface area contributed by atoms with Gasteiger partial charge in [-0.15, -0.1) is 0 Å². The summed E-state index contributed by atoms with van der Waals surface area (Å²) < 4.78 is 26.9. The first-order chi connectivity index (χ1) is 9.35. The lowest BCUT2D eigenvalue weighted by atomic mass is 9.76. The van der Waals surface area contributed by atoms with Gasteiger partial charge in [0.25, 0.3) is 0 Å². The van der Waals surface area contributed by atoms with Crippen LogP contribution in [0.2, 0.25) is 0 Å². The summed E-state index contributed by atoms with van der Waals surface area (Å²) in [4.78, 5) is 0. The van der Waals surface area contributed by atoms with Crippen molar-refractivity contribution >= 4 is 10.0 Å². The molecule has 0 saturated heterocycles. The van der Waals surface area contributed by atoms with E-state index in [0.29, 0.717) is 5.41 Å². The third kappa shape index (κ3) is 7.60. The summed E-state index contributed by atoms with van der Waals surface area (Å²) in [6.45, 7) is 8.60. The van der Waals surface area contributed by atoms with Gasteiger partial charge in [0.1, 0.15) is 0 Å². The van der Waals surface area contributed by atoms with Crippen LogP contribution in [-0.4, -0.2) is 33.3 Å². The lowest BCUT2D eigenvalue weighted by Crippen LogP contribution is -2.40. The molecule has 0 aromatic heterocycles. The standard InChI is InChI=1S/C15H32N2O2S/c1-4-11-16-12-5-6-13-20(18,19)17-14-7-9-15(2,3)10-8-14/h14,16-17H,4-13H2,1-3H3. The summed E-state index contributed by atoms with van der Waals surface area (Å²) in [7, 11) is -3.09. The second-order valence-corrected chi connectivity index (χ2v) is 8.71. The van der Waals surface area contributed by atoms with Gasteiger partial charge in [-0.1, -0.05) is 20.8 Å². The SMILES string of the molecule is CCCNCCCCS(=O)(=O)NC1CCC(C)(C)CC1. The average molecular weight is 305 g/mol. The van der Waals surface area contributed by atoms with Gasteiger partial charge in [-0.3, -0.25) is 0 Å². The molecule has 0 atom stereocenters. The van der Waals surface area contributed by atoms with Crippen LogP contribution >= 0.6 is 0 Å². The molecule has 0 unspecified atom stereocenters. The van der Waals surface area contributed by atoms with Gasteiger partial charge in [0.15, 0.2) is 0 Å². The predicted molar refractivity (Wildman–Crippen MR) is 85.4 cm³/mol. The Morgan fingerprint density at radius 2 is 1.75 bits per heavy atom. The van der Waals surface area contributed by atoms with E-state index in [1.807, 2.05) is 0 Å². The second kappa shape index (κ2) is 8.35. The maximum atomic E-state index is 12.0. The fraction of sp³-hybridized carbons (Fsp3) is 1.00. The van der Waals surface area contributed by atoms with Crippen LogP contribution < -0.4 is 10.0 Å². The first-order valence-electron chi connectivity index (χ1n) is 8.05. The van der Waals surface area contributed by atoms with Crippen molar-refractivity contribution in [2.45, 2.75) is 71.8 Å². The van der Waals surface area contributed by atoms with Crippen LogP contribution in [0.3, 0.4) is 0 Å².